The molecule has 1 heterocycles. The van der Waals surface area contributed by atoms with E-state index < -0.39 is 0 Å². The van der Waals surface area contributed by atoms with Crippen molar-refractivity contribution in [3.05, 3.63) is 187 Å². The van der Waals surface area contributed by atoms with Crippen molar-refractivity contribution in [2.75, 3.05) is 4.90 Å². The third kappa shape index (κ3) is 4.64. The fourth-order valence-corrected chi connectivity index (χ4v) is 8.35. The van der Waals surface area contributed by atoms with E-state index in [1.54, 1.807) is 0 Å². The van der Waals surface area contributed by atoms with Gasteiger partial charge in [-0.1, -0.05) is 141 Å². The van der Waals surface area contributed by atoms with Crippen LogP contribution in [0.25, 0.3) is 55.3 Å². The second-order valence-corrected chi connectivity index (χ2v) is 14.1. The molecule has 10 rings (SSSR count). The predicted octanol–water partition coefficient (Wildman–Crippen LogP) is 13.7. The van der Waals surface area contributed by atoms with Gasteiger partial charge in [0.1, 0.15) is 11.5 Å². The lowest BCUT2D eigenvalue weighted by Crippen LogP contribution is -2.15. The molecule has 1 aliphatic carbocycles. The molecule has 0 spiro atoms. The van der Waals surface area contributed by atoms with Gasteiger partial charge in [-0.25, -0.2) is 0 Å². The number of anilines is 3. The zero-order chi connectivity index (χ0) is 34.1. The van der Waals surface area contributed by atoms with E-state index in [1.165, 1.54) is 60.8 Å². The Kier molecular flexibility index (Phi) is 6.56. The highest BCUT2D eigenvalue weighted by Gasteiger charge is 2.35. The van der Waals surface area contributed by atoms with E-state index >= 15 is 0 Å². The van der Waals surface area contributed by atoms with Crippen LogP contribution in [-0.2, 0) is 5.41 Å². The molecule has 2 nitrogen and oxygen atoms in total. The number of rotatable bonds is 5. The molecule has 0 radical (unpaired) electrons. The van der Waals surface area contributed by atoms with Gasteiger partial charge in [0.05, 0.1) is 0 Å². The maximum absolute atomic E-state index is 6.39. The van der Waals surface area contributed by atoms with Crippen LogP contribution >= 0.6 is 0 Å². The third-order valence-electron chi connectivity index (χ3n) is 10.9. The van der Waals surface area contributed by atoms with E-state index in [0.717, 1.165) is 34.1 Å². The van der Waals surface area contributed by atoms with E-state index in [4.69, 9.17) is 4.74 Å². The average molecular weight is 654 g/mol. The Morgan fingerprint density at radius 1 is 0.392 bits per heavy atom. The zero-order valence-electron chi connectivity index (χ0n) is 28.6. The van der Waals surface area contributed by atoms with Crippen molar-refractivity contribution < 1.29 is 4.74 Å². The molecule has 8 aromatic carbocycles. The number of hydrogen-bond donors (Lipinski definition) is 0. The minimum Gasteiger partial charge on any atom is -0.456 e. The summed E-state index contributed by atoms with van der Waals surface area (Å²) in [5.74, 6) is 1.82. The number of nitrogens with zero attached hydrogens (tertiary/aromatic N) is 1. The van der Waals surface area contributed by atoms with Gasteiger partial charge in [-0.05, 0) is 104 Å². The predicted molar refractivity (Wildman–Crippen MR) is 213 cm³/mol. The van der Waals surface area contributed by atoms with Crippen LogP contribution in [0.2, 0.25) is 0 Å². The van der Waals surface area contributed by atoms with E-state index in [1.807, 2.05) is 12.1 Å². The van der Waals surface area contributed by atoms with Crippen molar-refractivity contribution in [2.24, 2.45) is 0 Å². The SMILES string of the molecule is CC1(C)c2ccccc2-c2cc(N(c3ccc(-c4ccccc4)cc3)c3ccc(-c4ccc5c6c(cccc46)Oc4ccccc4-5)cc3)ccc21. The molecule has 51 heavy (non-hydrogen) atoms. The summed E-state index contributed by atoms with van der Waals surface area (Å²) in [4.78, 5) is 2.38. The molecule has 0 atom stereocenters. The van der Waals surface area contributed by atoms with Gasteiger partial charge in [0.15, 0.2) is 0 Å². The molecule has 0 fully saturated rings. The molecule has 0 N–H and O–H groups in total. The lowest BCUT2D eigenvalue weighted by atomic mass is 9.82. The second-order valence-electron chi connectivity index (χ2n) is 14.1. The van der Waals surface area contributed by atoms with Crippen LogP contribution in [-0.4, -0.2) is 0 Å². The van der Waals surface area contributed by atoms with Crippen molar-refractivity contribution >= 4 is 27.8 Å². The monoisotopic (exact) mass is 653 g/mol. The molecule has 1 aliphatic heterocycles. The van der Waals surface area contributed by atoms with Gasteiger partial charge in [-0.2, -0.15) is 0 Å². The first-order chi connectivity index (χ1) is 25.0. The molecular weight excluding hydrogens is 619 g/mol. The van der Waals surface area contributed by atoms with Gasteiger partial charge in [0.2, 0.25) is 0 Å². The molecule has 2 aliphatic rings. The summed E-state index contributed by atoms with van der Waals surface area (Å²) in [6.45, 7) is 4.67. The molecule has 0 aromatic heterocycles. The Bertz CT molecular complexity index is 2620. The van der Waals surface area contributed by atoms with Gasteiger partial charge in [-0.15, -0.1) is 0 Å². The van der Waals surface area contributed by atoms with E-state index in [0.29, 0.717) is 0 Å². The molecule has 0 saturated heterocycles. The van der Waals surface area contributed by atoms with Crippen molar-refractivity contribution in [3.63, 3.8) is 0 Å². The van der Waals surface area contributed by atoms with Gasteiger partial charge < -0.3 is 9.64 Å². The third-order valence-corrected chi connectivity index (χ3v) is 10.9. The van der Waals surface area contributed by atoms with E-state index in [2.05, 4.69) is 183 Å². The number of fused-ring (bicyclic) bond motifs is 5. The first kappa shape index (κ1) is 29.5. The summed E-state index contributed by atoms with van der Waals surface area (Å²) in [6.07, 6.45) is 0. The van der Waals surface area contributed by atoms with Crippen LogP contribution in [0.5, 0.6) is 11.5 Å². The quantitative estimate of drug-likeness (QED) is 0.183. The minimum atomic E-state index is -0.0416. The summed E-state index contributed by atoms with van der Waals surface area (Å²) in [6, 6.07) is 63.6. The molecule has 0 unspecified atom stereocenters. The van der Waals surface area contributed by atoms with Crippen LogP contribution in [0.15, 0.2) is 176 Å². The molecular formula is C49H35NO. The number of ether oxygens (including phenoxy) is 1. The topological polar surface area (TPSA) is 12.5 Å². The molecule has 0 saturated carbocycles. The Balaban J connectivity index is 1.09. The zero-order valence-corrected chi connectivity index (χ0v) is 28.6. The van der Waals surface area contributed by atoms with Crippen LogP contribution in [0.3, 0.4) is 0 Å². The normalized spacial score (nSPS) is 13.2. The largest absolute Gasteiger partial charge is 0.456 e. The number of benzene rings is 8. The van der Waals surface area contributed by atoms with Gasteiger partial charge in [0.25, 0.3) is 0 Å². The summed E-state index contributed by atoms with van der Waals surface area (Å²) >= 11 is 0. The highest BCUT2D eigenvalue weighted by atomic mass is 16.5. The summed E-state index contributed by atoms with van der Waals surface area (Å²) in [5.41, 5.74) is 15.8. The summed E-state index contributed by atoms with van der Waals surface area (Å²) in [7, 11) is 0. The van der Waals surface area contributed by atoms with Crippen LogP contribution < -0.4 is 9.64 Å². The maximum atomic E-state index is 6.39. The van der Waals surface area contributed by atoms with Crippen molar-refractivity contribution in [1.29, 1.82) is 0 Å². The highest BCUT2D eigenvalue weighted by Crippen LogP contribution is 2.51. The molecule has 8 aromatic rings. The Morgan fingerprint density at radius 2 is 0.980 bits per heavy atom. The van der Waals surface area contributed by atoms with Gasteiger partial charge in [-0.3, -0.25) is 0 Å². The van der Waals surface area contributed by atoms with Crippen molar-refractivity contribution in [2.45, 2.75) is 19.3 Å². The fraction of sp³-hybridized carbons (Fsp3) is 0.0612. The lowest BCUT2D eigenvalue weighted by molar-refractivity contribution is 0.487. The standard InChI is InChI=1S/C49H35NO/c1-49(2)44-16-8-6-13-39(44)43-31-37(27-30-45(43)49)50(35-23-19-33(20-24-35)32-11-4-3-5-12-32)36-25-21-34(22-26-36)38-28-29-42-40-14-7-9-17-46(40)51-47-18-10-15-41(38)48(42)47/h3-31H,1-2H3. The number of para-hydroxylation sites is 1. The van der Waals surface area contributed by atoms with E-state index in [-0.39, 0.29) is 5.41 Å². The van der Waals surface area contributed by atoms with Crippen LogP contribution in [0.1, 0.15) is 25.0 Å². The smallest absolute Gasteiger partial charge is 0.135 e. The molecule has 0 bridgehead atoms. The Morgan fingerprint density at radius 3 is 1.76 bits per heavy atom. The maximum Gasteiger partial charge on any atom is 0.135 e. The van der Waals surface area contributed by atoms with Gasteiger partial charge in [0, 0.05) is 33.4 Å². The second kappa shape index (κ2) is 11.3. The first-order valence-corrected chi connectivity index (χ1v) is 17.7. The Hall–Kier alpha value is -6.38. The van der Waals surface area contributed by atoms with Crippen molar-refractivity contribution in [1.82, 2.24) is 0 Å². The highest BCUT2D eigenvalue weighted by molar-refractivity contribution is 6.10. The molecule has 2 heteroatoms. The molecule has 0 amide bonds. The first-order valence-electron chi connectivity index (χ1n) is 17.7. The summed E-state index contributed by atoms with van der Waals surface area (Å²) < 4.78 is 6.39. The average Bonchev–Trinajstić information content (AvgIpc) is 3.41. The molecule has 242 valence electrons. The minimum absolute atomic E-state index is 0.0416. The Labute approximate surface area is 298 Å². The summed E-state index contributed by atoms with van der Waals surface area (Å²) in [5, 5.41) is 2.36. The fourth-order valence-electron chi connectivity index (χ4n) is 8.35. The van der Waals surface area contributed by atoms with Crippen molar-refractivity contribution in [3.8, 4) is 56.0 Å². The van der Waals surface area contributed by atoms with Gasteiger partial charge >= 0.3 is 0 Å². The van der Waals surface area contributed by atoms with Crippen LogP contribution in [0.4, 0.5) is 17.1 Å². The lowest BCUT2D eigenvalue weighted by Gasteiger charge is -2.27. The number of hydrogen-bond acceptors (Lipinski definition) is 2. The van der Waals surface area contributed by atoms with Crippen LogP contribution in [0, 0.1) is 0 Å². The van der Waals surface area contributed by atoms with E-state index in [9.17, 15) is 0 Å².